The second kappa shape index (κ2) is 17.0. The molecule has 1 unspecified atom stereocenters. The van der Waals surface area contributed by atoms with Crippen LogP contribution < -0.4 is 20.3 Å². The highest BCUT2D eigenvalue weighted by Gasteiger charge is 2.23. The number of aldehydes is 1. The minimum atomic E-state index is -0.321. The van der Waals surface area contributed by atoms with Crippen LogP contribution in [0.5, 0.6) is 5.75 Å². The van der Waals surface area contributed by atoms with E-state index < -0.39 is 0 Å². The number of fused-ring (bicyclic) bond motifs is 2. The van der Waals surface area contributed by atoms with Crippen molar-refractivity contribution in [2.75, 3.05) is 57.1 Å². The number of aromatic amines is 1. The van der Waals surface area contributed by atoms with E-state index in [0.717, 1.165) is 60.7 Å². The summed E-state index contributed by atoms with van der Waals surface area (Å²) >= 11 is 0. The zero-order valence-electron chi connectivity index (χ0n) is 29.3. The number of ether oxygens (including phenoxy) is 1. The summed E-state index contributed by atoms with van der Waals surface area (Å²) in [5.74, 6) is 1.17. The van der Waals surface area contributed by atoms with Gasteiger partial charge in [0.15, 0.2) is 11.5 Å². The average molecular weight is 695 g/mol. The zero-order valence-corrected chi connectivity index (χ0v) is 29.3. The van der Waals surface area contributed by atoms with Crippen molar-refractivity contribution in [1.82, 2.24) is 40.0 Å². The number of carbonyl (C=O) groups excluding carboxylic acids is 3. The van der Waals surface area contributed by atoms with Gasteiger partial charge in [-0.15, -0.1) is 0 Å². The Balaban J connectivity index is 0.000000179. The molecule has 3 N–H and O–H groups in total. The van der Waals surface area contributed by atoms with Crippen LogP contribution in [0.15, 0.2) is 61.2 Å². The minimum absolute atomic E-state index is 0.0467. The summed E-state index contributed by atoms with van der Waals surface area (Å²) < 4.78 is 6.86. The third-order valence-corrected chi connectivity index (χ3v) is 9.78. The molecular weight excluding hydrogens is 648 g/mol. The first kappa shape index (κ1) is 35.5. The van der Waals surface area contributed by atoms with Gasteiger partial charge < -0.3 is 25.1 Å². The van der Waals surface area contributed by atoms with Gasteiger partial charge in [-0.2, -0.15) is 14.7 Å². The highest BCUT2D eigenvalue weighted by Crippen LogP contribution is 2.27. The van der Waals surface area contributed by atoms with Crippen molar-refractivity contribution in [3.8, 4) is 5.75 Å². The summed E-state index contributed by atoms with van der Waals surface area (Å²) in [5.41, 5.74) is 3.73. The summed E-state index contributed by atoms with van der Waals surface area (Å²) in [6.45, 7) is 5.54. The molecule has 1 atom stereocenters. The first-order valence-corrected chi connectivity index (χ1v) is 17.7. The van der Waals surface area contributed by atoms with Crippen molar-refractivity contribution in [3.05, 3.63) is 72.4 Å². The number of pyridine rings is 1. The number of nitrogens with zero attached hydrogens (tertiary/aromatic N) is 7. The maximum absolute atomic E-state index is 12.6. The number of aromatic nitrogens is 6. The number of nitrogens with one attached hydrogen (secondary N) is 3. The molecule has 7 rings (SSSR count). The van der Waals surface area contributed by atoms with E-state index in [9.17, 15) is 14.4 Å². The lowest BCUT2D eigenvalue weighted by Gasteiger charge is -2.38. The number of carbonyl (C=O) groups is 3. The van der Waals surface area contributed by atoms with Crippen molar-refractivity contribution in [3.63, 3.8) is 0 Å². The Labute approximate surface area is 297 Å². The van der Waals surface area contributed by atoms with E-state index in [4.69, 9.17) is 4.74 Å². The summed E-state index contributed by atoms with van der Waals surface area (Å²) in [4.78, 5) is 49.2. The van der Waals surface area contributed by atoms with Gasteiger partial charge in [0.25, 0.3) is 5.91 Å². The van der Waals surface area contributed by atoms with Gasteiger partial charge in [-0.1, -0.05) is 19.3 Å². The standard InChI is InChI=1S/C22H34N4O2.C15H12N6O2/c1-23-22(28)10-7-19(17-27)21-9-8-20(15-24-21)26-13-11-25(12-14-26)16-18-5-3-2-4-6-18;1-23-12-6-11-9(7-17-20-11)5-10(12)15(22)19-14-8-16-13-3-2-4-18-21(13)14/h8-9,15,17-19H,2-7,10-14,16H2,1H3,(H,23,28);2-8H,1H3,(H,17,20)(H,19,22). The third kappa shape index (κ3) is 8.87. The number of H-pyrrole nitrogens is 1. The van der Waals surface area contributed by atoms with E-state index in [1.807, 2.05) is 12.3 Å². The fourth-order valence-corrected chi connectivity index (χ4v) is 6.84. The minimum Gasteiger partial charge on any atom is -0.496 e. The molecule has 268 valence electrons. The predicted molar refractivity (Wildman–Crippen MR) is 195 cm³/mol. The van der Waals surface area contributed by atoms with E-state index in [0.29, 0.717) is 35.6 Å². The highest BCUT2D eigenvalue weighted by molar-refractivity contribution is 6.08. The topological polar surface area (TPSA) is 163 Å². The SMILES string of the molecule is CNC(=O)CCC(C=O)c1ccc(N2CCN(CC3CCCCC3)CC2)cn1.COc1cc2[nH]ncc2cc1C(=O)Nc1cnc2cccnn12. The molecule has 51 heavy (non-hydrogen) atoms. The van der Waals surface area contributed by atoms with E-state index >= 15 is 0 Å². The van der Waals surface area contributed by atoms with Gasteiger partial charge in [0.2, 0.25) is 5.91 Å². The molecule has 14 heteroatoms. The monoisotopic (exact) mass is 694 g/mol. The van der Waals surface area contributed by atoms with Crippen molar-refractivity contribution < 1.29 is 19.1 Å². The Hall–Kier alpha value is -5.37. The Bertz CT molecular complexity index is 1910. The lowest BCUT2D eigenvalue weighted by molar-refractivity contribution is -0.120. The number of amides is 2. The fraction of sp³-hybridized carbons (Fsp3) is 0.432. The molecule has 5 heterocycles. The van der Waals surface area contributed by atoms with Gasteiger partial charge in [0.05, 0.1) is 54.1 Å². The van der Waals surface area contributed by atoms with Crippen LogP contribution in [-0.4, -0.2) is 99.7 Å². The molecule has 14 nitrogen and oxygen atoms in total. The lowest BCUT2D eigenvalue weighted by atomic mass is 9.89. The van der Waals surface area contributed by atoms with Gasteiger partial charge >= 0.3 is 0 Å². The van der Waals surface area contributed by atoms with Crippen molar-refractivity contribution >= 4 is 46.2 Å². The number of anilines is 2. The molecule has 1 aliphatic heterocycles. The molecule has 2 fully saturated rings. The first-order chi connectivity index (χ1) is 24.9. The highest BCUT2D eigenvalue weighted by atomic mass is 16.5. The van der Waals surface area contributed by atoms with Crippen molar-refractivity contribution in [2.24, 2.45) is 5.92 Å². The number of rotatable bonds is 11. The van der Waals surface area contributed by atoms with Crippen LogP contribution in [0.1, 0.15) is 66.9 Å². The molecule has 2 aliphatic rings. The van der Waals surface area contributed by atoms with Crippen LogP contribution >= 0.6 is 0 Å². The molecule has 4 aromatic heterocycles. The maximum Gasteiger partial charge on any atom is 0.260 e. The Morgan fingerprint density at radius 2 is 1.86 bits per heavy atom. The summed E-state index contributed by atoms with van der Waals surface area (Å²) in [6.07, 6.45) is 15.5. The van der Waals surface area contributed by atoms with Crippen LogP contribution in [0.25, 0.3) is 16.6 Å². The smallest absolute Gasteiger partial charge is 0.260 e. The Morgan fingerprint density at radius 3 is 2.59 bits per heavy atom. The molecule has 0 bridgehead atoms. The molecule has 1 saturated carbocycles. The number of hydrogen-bond donors (Lipinski definition) is 3. The summed E-state index contributed by atoms with van der Waals surface area (Å²) in [5, 5.41) is 17.2. The molecule has 0 spiro atoms. The number of imidazole rings is 1. The van der Waals surface area contributed by atoms with Crippen LogP contribution in [0.2, 0.25) is 0 Å². The number of hydrogen-bond acceptors (Lipinski definition) is 10. The van der Waals surface area contributed by atoms with E-state index in [2.05, 4.69) is 51.8 Å². The quantitative estimate of drug-likeness (QED) is 0.168. The van der Waals surface area contributed by atoms with Crippen molar-refractivity contribution in [2.45, 2.75) is 50.9 Å². The average Bonchev–Trinajstić information content (AvgIpc) is 3.82. The number of benzene rings is 1. The molecule has 1 aliphatic carbocycles. The lowest BCUT2D eigenvalue weighted by Crippen LogP contribution is -2.48. The fourth-order valence-electron chi connectivity index (χ4n) is 6.84. The zero-order chi connectivity index (χ0) is 35.6. The summed E-state index contributed by atoms with van der Waals surface area (Å²) in [6, 6.07) is 11.1. The van der Waals surface area contributed by atoms with Gasteiger partial charge in [-0.25, -0.2) is 4.98 Å². The molecule has 1 saturated heterocycles. The second-order valence-corrected chi connectivity index (χ2v) is 13.1. The largest absolute Gasteiger partial charge is 0.496 e. The molecule has 5 aromatic rings. The van der Waals surface area contributed by atoms with Crippen LogP contribution in [0.3, 0.4) is 0 Å². The number of piperazine rings is 1. The van der Waals surface area contributed by atoms with Crippen LogP contribution in [0.4, 0.5) is 11.5 Å². The van der Waals surface area contributed by atoms with E-state index in [-0.39, 0.29) is 17.7 Å². The maximum atomic E-state index is 12.6. The normalized spacial score (nSPS) is 15.9. The van der Waals surface area contributed by atoms with E-state index in [1.54, 1.807) is 54.4 Å². The van der Waals surface area contributed by atoms with Gasteiger partial charge in [0.1, 0.15) is 12.0 Å². The Morgan fingerprint density at radius 1 is 1.04 bits per heavy atom. The molecule has 1 aromatic carbocycles. The number of methoxy groups -OCH3 is 1. The predicted octanol–water partition coefficient (Wildman–Crippen LogP) is 4.46. The van der Waals surface area contributed by atoms with Gasteiger partial charge in [0, 0.05) is 63.8 Å². The van der Waals surface area contributed by atoms with Crippen LogP contribution in [-0.2, 0) is 9.59 Å². The van der Waals surface area contributed by atoms with E-state index in [1.165, 1.54) is 45.8 Å². The second-order valence-electron chi connectivity index (χ2n) is 13.1. The third-order valence-electron chi connectivity index (χ3n) is 9.78. The van der Waals surface area contributed by atoms with Crippen molar-refractivity contribution in [1.29, 1.82) is 0 Å². The van der Waals surface area contributed by atoms with Gasteiger partial charge in [-0.05, 0) is 55.5 Å². The summed E-state index contributed by atoms with van der Waals surface area (Å²) in [7, 11) is 3.13. The van der Waals surface area contributed by atoms with Crippen LogP contribution in [0, 0.1) is 5.92 Å². The van der Waals surface area contributed by atoms with Gasteiger partial charge in [-0.3, -0.25) is 24.6 Å². The molecular formula is C37H46N10O4. The first-order valence-electron chi connectivity index (χ1n) is 17.7. The molecule has 2 amide bonds. The Kier molecular flexibility index (Phi) is 11.8. The molecule has 0 radical (unpaired) electrons.